The topological polar surface area (TPSA) is 29.9 Å². The minimum Gasteiger partial charge on any atom is -0.308 e. The number of hydrogen-bond acceptors (Lipinski definition) is 2. The van der Waals surface area contributed by atoms with Crippen LogP contribution in [0.15, 0.2) is 34.9 Å². The summed E-state index contributed by atoms with van der Waals surface area (Å²) in [5, 5.41) is 8.11. The molecule has 1 N–H and O–H groups in total. The Morgan fingerprint density at radius 2 is 1.95 bits per heavy atom. The van der Waals surface area contributed by atoms with Gasteiger partial charge >= 0.3 is 0 Å². The highest BCUT2D eigenvalue weighted by atomic mass is 79.9. The molecule has 0 amide bonds. The average Bonchev–Trinajstić information content (AvgIpc) is 2.86. The lowest BCUT2D eigenvalue weighted by Crippen LogP contribution is -2.27. The van der Waals surface area contributed by atoms with Gasteiger partial charge in [0.25, 0.3) is 0 Å². The summed E-state index contributed by atoms with van der Waals surface area (Å²) >= 11 is 3.65. The lowest BCUT2D eigenvalue weighted by atomic mass is 10.0. The summed E-state index contributed by atoms with van der Waals surface area (Å²) in [6.07, 6.45) is 4.00. The van der Waals surface area contributed by atoms with Crippen molar-refractivity contribution in [2.45, 2.75) is 46.2 Å². The van der Waals surface area contributed by atoms with Gasteiger partial charge in [-0.25, -0.2) is 0 Å². The van der Waals surface area contributed by atoms with E-state index in [1.165, 1.54) is 16.8 Å². The van der Waals surface area contributed by atoms with Gasteiger partial charge in [-0.3, -0.25) is 4.68 Å². The maximum atomic E-state index is 4.45. The van der Waals surface area contributed by atoms with Crippen LogP contribution in [0.4, 0.5) is 0 Å². The third kappa shape index (κ3) is 4.17. The Hall–Kier alpha value is -1.13. The van der Waals surface area contributed by atoms with Crippen LogP contribution in [0.25, 0.3) is 0 Å². The molecule has 1 unspecified atom stereocenters. The van der Waals surface area contributed by atoms with Gasteiger partial charge in [0.1, 0.15) is 0 Å². The SMILES string of the molecule is CCCNC(Cc1ccc(C)cc1)c1c(Br)cnn1CC. The van der Waals surface area contributed by atoms with Crippen molar-refractivity contribution < 1.29 is 0 Å². The van der Waals surface area contributed by atoms with E-state index >= 15 is 0 Å². The Morgan fingerprint density at radius 1 is 1.24 bits per heavy atom. The molecule has 21 heavy (non-hydrogen) atoms. The van der Waals surface area contributed by atoms with Gasteiger partial charge in [0, 0.05) is 6.54 Å². The van der Waals surface area contributed by atoms with Gasteiger partial charge in [0.2, 0.25) is 0 Å². The van der Waals surface area contributed by atoms with Gasteiger partial charge in [-0.15, -0.1) is 0 Å². The van der Waals surface area contributed by atoms with E-state index in [0.717, 1.165) is 30.4 Å². The molecule has 0 saturated carbocycles. The monoisotopic (exact) mass is 349 g/mol. The fraction of sp³-hybridized carbons (Fsp3) is 0.471. The van der Waals surface area contributed by atoms with E-state index in [0.29, 0.717) is 0 Å². The first-order valence-electron chi connectivity index (χ1n) is 7.65. The minimum atomic E-state index is 0.282. The smallest absolute Gasteiger partial charge is 0.0698 e. The zero-order valence-corrected chi connectivity index (χ0v) is 14.7. The quantitative estimate of drug-likeness (QED) is 0.809. The van der Waals surface area contributed by atoms with Crippen LogP contribution in [-0.2, 0) is 13.0 Å². The highest BCUT2D eigenvalue weighted by molar-refractivity contribution is 9.10. The van der Waals surface area contributed by atoms with Gasteiger partial charge in [-0.2, -0.15) is 5.10 Å². The van der Waals surface area contributed by atoms with Crippen molar-refractivity contribution in [1.29, 1.82) is 0 Å². The molecular formula is C17H24BrN3. The fourth-order valence-electron chi connectivity index (χ4n) is 2.51. The third-order valence-corrected chi connectivity index (χ3v) is 4.27. The van der Waals surface area contributed by atoms with E-state index in [1.807, 2.05) is 6.20 Å². The zero-order valence-electron chi connectivity index (χ0n) is 13.1. The van der Waals surface area contributed by atoms with Crippen molar-refractivity contribution in [2.75, 3.05) is 6.54 Å². The second-order valence-corrected chi connectivity index (χ2v) is 6.24. The second kappa shape index (κ2) is 7.76. The Balaban J connectivity index is 2.25. The van der Waals surface area contributed by atoms with Crippen LogP contribution in [0.2, 0.25) is 0 Å². The summed E-state index contributed by atoms with van der Waals surface area (Å²) < 4.78 is 3.16. The van der Waals surface area contributed by atoms with Crippen molar-refractivity contribution in [3.05, 3.63) is 51.8 Å². The lowest BCUT2D eigenvalue weighted by Gasteiger charge is -2.20. The molecule has 1 aromatic carbocycles. The molecule has 0 fully saturated rings. The highest BCUT2D eigenvalue weighted by Crippen LogP contribution is 2.26. The number of aromatic nitrogens is 2. The van der Waals surface area contributed by atoms with Crippen LogP contribution < -0.4 is 5.32 Å². The molecule has 0 aliphatic rings. The largest absolute Gasteiger partial charge is 0.308 e. The fourth-order valence-corrected chi connectivity index (χ4v) is 3.09. The van der Waals surface area contributed by atoms with Crippen molar-refractivity contribution >= 4 is 15.9 Å². The Kier molecular flexibility index (Phi) is 6.00. The maximum absolute atomic E-state index is 4.45. The summed E-state index contributed by atoms with van der Waals surface area (Å²) in [6, 6.07) is 9.08. The Bertz CT molecular complexity index is 560. The summed E-state index contributed by atoms with van der Waals surface area (Å²) in [5.41, 5.74) is 3.90. The number of hydrogen-bond donors (Lipinski definition) is 1. The molecule has 0 saturated heterocycles. The van der Waals surface area contributed by atoms with E-state index in [4.69, 9.17) is 0 Å². The van der Waals surface area contributed by atoms with Gasteiger partial charge in [0.15, 0.2) is 0 Å². The molecule has 0 radical (unpaired) electrons. The molecule has 0 bridgehead atoms. The summed E-state index contributed by atoms with van der Waals surface area (Å²) in [5.74, 6) is 0. The first-order valence-corrected chi connectivity index (χ1v) is 8.45. The maximum Gasteiger partial charge on any atom is 0.0698 e. The van der Waals surface area contributed by atoms with Crippen LogP contribution in [0.5, 0.6) is 0 Å². The number of benzene rings is 1. The van der Waals surface area contributed by atoms with Crippen LogP contribution >= 0.6 is 15.9 Å². The van der Waals surface area contributed by atoms with Crippen LogP contribution in [-0.4, -0.2) is 16.3 Å². The number of aryl methyl sites for hydroxylation is 2. The first-order chi connectivity index (χ1) is 10.2. The molecule has 1 atom stereocenters. The Morgan fingerprint density at radius 3 is 2.57 bits per heavy atom. The number of halogens is 1. The van der Waals surface area contributed by atoms with E-state index in [-0.39, 0.29) is 6.04 Å². The average molecular weight is 350 g/mol. The lowest BCUT2D eigenvalue weighted by molar-refractivity contribution is 0.477. The first kappa shape index (κ1) is 16.2. The van der Waals surface area contributed by atoms with Crippen LogP contribution in [0.3, 0.4) is 0 Å². The molecule has 4 heteroatoms. The molecule has 114 valence electrons. The van der Waals surface area contributed by atoms with Gasteiger partial charge < -0.3 is 5.32 Å². The summed E-state index contributed by atoms with van der Waals surface area (Å²) in [6.45, 7) is 8.35. The van der Waals surface area contributed by atoms with E-state index in [2.05, 4.69) is 76.1 Å². The van der Waals surface area contributed by atoms with E-state index < -0.39 is 0 Å². The van der Waals surface area contributed by atoms with E-state index in [1.54, 1.807) is 0 Å². The van der Waals surface area contributed by atoms with Crippen LogP contribution in [0.1, 0.15) is 43.1 Å². The zero-order chi connectivity index (χ0) is 15.2. The highest BCUT2D eigenvalue weighted by Gasteiger charge is 2.19. The van der Waals surface area contributed by atoms with Gasteiger partial charge in [0.05, 0.1) is 22.4 Å². The predicted molar refractivity (Wildman–Crippen MR) is 91.5 cm³/mol. The van der Waals surface area contributed by atoms with Crippen molar-refractivity contribution in [3.8, 4) is 0 Å². The molecule has 1 heterocycles. The molecule has 2 aromatic rings. The molecule has 0 spiro atoms. The second-order valence-electron chi connectivity index (χ2n) is 5.39. The molecule has 0 aliphatic carbocycles. The molecule has 1 aromatic heterocycles. The molecular weight excluding hydrogens is 326 g/mol. The summed E-state index contributed by atoms with van der Waals surface area (Å²) in [4.78, 5) is 0. The molecule has 2 rings (SSSR count). The van der Waals surface area contributed by atoms with Crippen LogP contribution in [0, 0.1) is 6.92 Å². The van der Waals surface area contributed by atoms with Crippen molar-refractivity contribution in [1.82, 2.24) is 15.1 Å². The minimum absolute atomic E-state index is 0.282. The number of nitrogens with one attached hydrogen (secondary N) is 1. The Labute approximate surface area is 135 Å². The van der Waals surface area contributed by atoms with Crippen molar-refractivity contribution in [2.24, 2.45) is 0 Å². The molecule has 3 nitrogen and oxygen atoms in total. The number of nitrogens with zero attached hydrogens (tertiary/aromatic N) is 2. The summed E-state index contributed by atoms with van der Waals surface area (Å²) in [7, 11) is 0. The third-order valence-electron chi connectivity index (χ3n) is 3.66. The van der Waals surface area contributed by atoms with Gasteiger partial charge in [-0.1, -0.05) is 36.8 Å². The predicted octanol–water partition coefficient (Wildman–Crippen LogP) is 4.26. The van der Waals surface area contributed by atoms with Gasteiger partial charge in [-0.05, 0) is 54.7 Å². The molecule has 0 aliphatic heterocycles. The van der Waals surface area contributed by atoms with E-state index in [9.17, 15) is 0 Å². The standard InChI is InChI=1S/C17H24BrN3/c1-4-10-19-16(11-14-8-6-13(3)7-9-14)17-15(18)12-20-21(17)5-2/h6-9,12,16,19H,4-5,10-11H2,1-3H3. The number of rotatable bonds is 7. The normalized spacial score (nSPS) is 12.6. The van der Waals surface area contributed by atoms with Crippen molar-refractivity contribution in [3.63, 3.8) is 0 Å².